The molecule has 0 atom stereocenters. The van der Waals surface area contributed by atoms with E-state index in [1.807, 2.05) is 29.2 Å². The second-order valence-corrected chi connectivity index (χ2v) is 7.59. The topological polar surface area (TPSA) is 79.5 Å². The second-order valence-electron chi connectivity index (χ2n) is 6.56. The highest BCUT2D eigenvalue weighted by Gasteiger charge is 2.38. The van der Waals surface area contributed by atoms with Gasteiger partial charge in [0.15, 0.2) is 5.01 Å². The summed E-state index contributed by atoms with van der Waals surface area (Å²) in [4.78, 5) is 32.5. The smallest absolute Gasteiger partial charge is 0.282 e. The molecule has 3 heterocycles. The van der Waals surface area contributed by atoms with Crippen molar-refractivity contribution in [3.8, 4) is 0 Å². The summed E-state index contributed by atoms with van der Waals surface area (Å²) in [6.07, 6.45) is 1.66. The van der Waals surface area contributed by atoms with Crippen molar-refractivity contribution >= 4 is 33.4 Å². The Morgan fingerprint density at radius 3 is 2.54 bits per heavy atom. The Bertz CT molecular complexity index is 743. The van der Waals surface area contributed by atoms with Crippen molar-refractivity contribution in [2.24, 2.45) is 11.7 Å². The molecule has 0 saturated carbocycles. The first-order valence-corrected chi connectivity index (χ1v) is 9.11. The number of amides is 2. The van der Waals surface area contributed by atoms with E-state index in [0.29, 0.717) is 11.0 Å². The van der Waals surface area contributed by atoms with Crippen LogP contribution in [-0.2, 0) is 4.79 Å². The van der Waals surface area contributed by atoms with Gasteiger partial charge in [0.25, 0.3) is 5.91 Å². The third kappa shape index (κ3) is 2.78. The van der Waals surface area contributed by atoms with E-state index in [0.717, 1.165) is 49.2 Å². The Morgan fingerprint density at radius 1 is 1.17 bits per heavy atom. The summed E-state index contributed by atoms with van der Waals surface area (Å²) in [7, 11) is 0. The highest BCUT2D eigenvalue weighted by Crippen LogP contribution is 2.27. The molecule has 0 bridgehead atoms. The SMILES string of the molecule is NC(=O)C1CCN(C2CN(C(=O)c3nc4ccccc4s3)C2)CC1. The number of carbonyl (C=O) groups excluding carboxylic acids is 2. The summed E-state index contributed by atoms with van der Waals surface area (Å²) in [5, 5.41) is 0.571. The van der Waals surface area contributed by atoms with Crippen LogP contribution in [0.4, 0.5) is 0 Å². The summed E-state index contributed by atoms with van der Waals surface area (Å²) in [5.41, 5.74) is 6.26. The van der Waals surface area contributed by atoms with Crippen molar-refractivity contribution in [1.29, 1.82) is 0 Å². The summed E-state index contributed by atoms with van der Waals surface area (Å²) in [6, 6.07) is 8.23. The van der Waals surface area contributed by atoms with Crippen LogP contribution in [0.5, 0.6) is 0 Å². The molecular weight excluding hydrogens is 324 g/mol. The molecule has 2 N–H and O–H groups in total. The molecule has 0 aliphatic carbocycles. The van der Waals surface area contributed by atoms with Crippen molar-refractivity contribution in [1.82, 2.24) is 14.8 Å². The van der Waals surface area contributed by atoms with E-state index in [-0.39, 0.29) is 17.7 Å². The van der Waals surface area contributed by atoms with Gasteiger partial charge in [-0.05, 0) is 38.1 Å². The van der Waals surface area contributed by atoms with Crippen LogP contribution >= 0.6 is 11.3 Å². The van der Waals surface area contributed by atoms with Gasteiger partial charge in [0.05, 0.1) is 10.2 Å². The molecule has 4 rings (SSSR count). The lowest BCUT2D eigenvalue weighted by Crippen LogP contribution is -2.62. The summed E-state index contributed by atoms with van der Waals surface area (Å²) in [5.74, 6) is -0.141. The second kappa shape index (κ2) is 6.14. The van der Waals surface area contributed by atoms with E-state index in [1.54, 1.807) is 0 Å². The lowest BCUT2D eigenvalue weighted by atomic mass is 9.94. The summed E-state index contributed by atoms with van der Waals surface area (Å²) in [6.45, 7) is 3.27. The lowest BCUT2D eigenvalue weighted by molar-refractivity contribution is -0.123. The number of aromatic nitrogens is 1. The van der Waals surface area contributed by atoms with Crippen LogP contribution in [0.1, 0.15) is 22.6 Å². The fourth-order valence-electron chi connectivity index (χ4n) is 3.50. The van der Waals surface area contributed by atoms with E-state index in [2.05, 4.69) is 9.88 Å². The molecule has 0 unspecified atom stereocenters. The van der Waals surface area contributed by atoms with Crippen molar-refractivity contribution in [3.63, 3.8) is 0 Å². The number of hydrogen-bond acceptors (Lipinski definition) is 5. The van der Waals surface area contributed by atoms with E-state index < -0.39 is 0 Å². The number of carbonyl (C=O) groups is 2. The van der Waals surface area contributed by atoms with Crippen LogP contribution in [-0.4, -0.2) is 58.8 Å². The van der Waals surface area contributed by atoms with Gasteiger partial charge >= 0.3 is 0 Å². The highest BCUT2D eigenvalue weighted by atomic mass is 32.1. The van der Waals surface area contributed by atoms with Crippen LogP contribution < -0.4 is 5.73 Å². The molecule has 2 aliphatic heterocycles. The highest BCUT2D eigenvalue weighted by molar-refractivity contribution is 7.20. The van der Waals surface area contributed by atoms with Gasteiger partial charge in [-0.3, -0.25) is 14.5 Å². The van der Waals surface area contributed by atoms with Gasteiger partial charge in [-0.2, -0.15) is 0 Å². The Kier molecular flexibility index (Phi) is 3.97. The molecule has 126 valence electrons. The Balaban J connectivity index is 1.34. The van der Waals surface area contributed by atoms with Crippen molar-refractivity contribution in [3.05, 3.63) is 29.3 Å². The zero-order valence-corrected chi connectivity index (χ0v) is 14.2. The Morgan fingerprint density at radius 2 is 1.88 bits per heavy atom. The number of fused-ring (bicyclic) bond motifs is 1. The molecule has 1 aromatic heterocycles. The normalized spacial score (nSPS) is 20.2. The quantitative estimate of drug-likeness (QED) is 0.911. The first-order chi connectivity index (χ1) is 11.6. The van der Waals surface area contributed by atoms with Crippen molar-refractivity contribution in [2.75, 3.05) is 26.2 Å². The third-order valence-electron chi connectivity index (χ3n) is 5.07. The number of thiazole rings is 1. The number of benzene rings is 1. The summed E-state index contributed by atoms with van der Waals surface area (Å²) < 4.78 is 1.05. The summed E-state index contributed by atoms with van der Waals surface area (Å²) >= 11 is 1.46. The maximum Gasteiger partial charge on any atom is 0.282 e. The number of para-hydroxylation sites is 1. The van der Waals surface area contributed by atoms with Crippen LogP contribution in [0.25, 0.3) is 10.2 Å². The van der Waals surface area contributed by atoms with Crippen molar-refractivity contribution in [2.45, 2.75) is 18.9 Å². The molecule has 6 nitrogen and oxygen atoms in total. The third-order valence-corrected chi connectivity index (χ3v) is 6.10. The fraction of sp³-hybridized carbons (Fsp3) is 0.471. The molecule has 2 amide bonds. The van der Waals surface area contributed by atoms with E-state index >= 15 is 0 Å². The van der Waals surface area contributed by atoms with Crippen molar-refractivity contribution < 1.29 is 9.59 Å². The van der Waals surface area contributed by atoms with Gasteiger partial charge in [-0.15, -0.1) is 11.3 Å². The molecule has 2 aromatic rings. The van der Waals surface area contributed by atoms with Gasteiger partial charge in [0, 0.05) is 25.0 Å². The maximum absolute atomic E-state index is 12.6. The molecule has 1 aromatic carbocycles. The van der Waals surface area contributed by atoms with Gasteiger partial charge in [-0.25, -0.2) is 4.98 Å². The minimum Gasteiger partial charge on any atom is -0.369 e. The first-order valence-electron chi connectivity index (χ1n) is 8.30. The molecule has 2 aliphatic rings. The van der Waals surface area contributed by atoms with Crippen LogP contribution in [0.15, 0.2) is 24.3 Å². The minimum atomic E-state index is -0.184. The molecule has 0 radical (unpaired) electrons. The van der Waals surface area contributed by atoms with Crippen LogP contribution in [0.3, 0.4) is 0 Å². The van der Waals surface area contributed by atoms with Crippen LogP contribution in [0.2, 0.25) is 0 Å². The number of hydrogen-bond donors (Lipinski definition) is 1. The average Bonchev–Trinajstić information content (AvgIpc) is 2.98. The van der Waals surface area contributed by atoms with Crippen LogP contribution in [0, 0.1) is 5.92 Å². The number of likely N-dealkylation sites (tertiary alicyclic amines) is 2. The van der Waals surface area contributed by atoms with Gasteiger partial charge in [0.2, 0.25) is 5.91 Å². The van der Waals surface area contributed by atoms with Gasteiger partial charge in [-0.1, -0.05) is 12.1 Å². The fourth-order valence-corrected chi connectivity index (χ4v) is 4.43. The Labute approximate surface area is 144 Å². The van der Waals surface area contributed by atoms with Gasteiger partial charge < -0.3 is 10.6 Å². The number of rotatable bonds is 3. The predicted molar refractivity (Wildman–Crippen MR) is 92.8 cm³/mol. The molecule has 7 heteroatoms. The first kappa shape index (κ1) is 15.5. The number of nitrogens with two attached hydrogens (primary N) is 1. The minimum absolute atomic E-state index is 0.0156. The van der Waals surface area contributed by atoms with E-state index in [9.17, 15) is 9.59 Å². The zero-order valence-electron chi connectivity index (χ0n) is 13.4. The molecular formula is C17H20N4O2S. The maximum atomic E-state index is 12.6. The lowest BCUT2D eigenvalue weighted by Gasteiger charge is -2.47. The number of primary amides is 1. The molecule has 2 fully saturated rings. The molecule has 2 saturated heterocycles. The molecule has 0 spiro atoms. The predicted octanol–water partition coefficient (Wildman–Crippen LogP) is 1.32. The largest absolute Gasteiger partial charge is 0.369 e. The Hall–Kier alpha value is -1.99. The van der Waals surface area contributed by atoms with E-state index in [1.165, 1.54) is 11.3 Å². The standard InChI is InChI=1S/C17H20N4O2S/c18-15(22)11-5-7-20(8-6-11)12-9-21(10-12)17(23)16-19-13-3-1-2-4-14(13)24-16/h1-4,11-12H,5-10H2,(H2,18,22). The number of nitrogens with zero attached hydrogens (tertiary/aromatic N) is 3. The number of piperidine rings is 1. The monoisotopic (exact) mass is 344 g/mol. The van der Waals surface area contributed by atoms with E-state index in [4.69, 9.17) is 5.73 Å². The zero-order chi connectivity index (χ0) is 16.7. The average molecular weight is 344 g/mol. The van der Waals surface area contributed by atoms with Gasteiger partial charge in [0.1, 0.15) is 0 Å². The molecule has 24 heavy (non-hydrogen) atoms.